The number of carbonyl (C=O) groups excluding carboxylic acids is 3. The summed E-state index contributed by atoms with van der Waals surface area (Å²) in [7, 11) is 2.42. The number of hydrogen-bond donors (Lipinski definition) is 1. The topological polar surface area (TPSA) is 105 Å². The quantitative estimate of drug-likeness (QED) is 0.443. The molecule has 0 heterocycles. The van der Waals surface area contributed by atoms with Crippen molar-refractivity contribution in [3.8, 4) is 6.07 Å². The van der Waals surface area contributed by atoms with E-state index in [0.29, 0.717) is 11.5 Å². The van der Waals surface area contributed by atoms with E-state index in [2.05, 4.69) is 23.9 Å². The van der Waals surface area contributed by atoms with E-state index in [4.69, 9.17) is 4.74 Å². The zero-order chi connectivity index (χ0) is 22.3. The Morgan fingerprint density at radius 2 is 1.63 bits per heavy atom. The van der Waals surface area contributed by atoms with Crippen molar-refractivity contribution in [3.05, 3.63) is 70.3 Å². The van der Waals surface area contributed by atoms with E-state index in [-0.39, 0.29) is 22.4 Å². The highest BCUT2D eigenvalue weighted by atomic mass is 16.5. The van der Waals surface area contributed by atoms with Crippen LogP contribution in [0.5, 0.6) is 0 Å². The van der Waals surface area contributed by atoms with Crippen LogP contribution in [0.15, 0.2) is 48.0 Å². The van der Waals surface area contributed by atoms with Crippen LogP contribution in [0.2, 0.25) is 0 Å². The number of nitrogens with one attached hydrogen (secondary N) is 1. The van der Waals surface area contributed by atoms with Gasteiger partial charge in [0.2, 0.25) is 0 Å². The molecule has 0 spiro atoms. The summed E-state index contributed by atoms with van der Waals surface area (Å²) < 4.78 is 9.38. The van der Waals surface area contributed by atoms with E-state index in [1.807, 2.05) is 30.3 Å². The molecule has 0 aliphatic rings. The van der Waals surface area contributed by atoms with Crippen molar-refractivity contribution in [2.75, 3.05) is 19.5 Å². The number of benzene rings is 2. The lowest BCUT2D eigenvalue weighted by Gasteiger charge is -2.11. The third kappa shape index (κ3) is 5.32. The Bertz CT molecular complexity index is 1030. The highest BCUT2D eigenvalue weighted by Crippen LogP contribution is 2.21. The number of anilines is 1. The Morgan fingerprint density at radius 3 is 2.17 bits per heavy atom. The number of methoxy groups -OCH3 is 2. The molecule has 0 aromatic heterocycles. The molecule has 2 aromatic carbocycles. The second kappa shape index (κ2) is 10.0. The lowest BCUT2D eigenvalue weighted by molar-refractivity contribution is -0.112. The van der Waals surface area contributed by atoms with Gasteiger partial charge in [0.05, 0.1) is 31.0 Å². The molecular weight excluding hydrogens is 384 g/mol. The van der Waals surface area contributed by atoms with Crippen LogP contribution in [0.25, 0.3) is 6.08 Å². The highest BCUT2D eigenvalue weighted by molar-refractivity contribution is 6.12. The predicted octanol–water partition coefficient (Wildman–Crippen LogP) is 3.93. The molecular formula is C23H22N2O5. The second-order valence-corrected chi connectivity index (χ2v) is 6.69. The molecule has 7 heteroatoms. The molecule has 0 atom stereocenters. The lowest BCUT2D eigenvalue weighted by atomic mass is 10.0. The number of hydrogen-bond acceptors (Lipinski definition) is 6. The minimum absolute atomic E-state index is 0.0334. The molecule has 0 fully saturated rings. The molecule has 1 amide bonds. The lowest BCUT2D eigenvalue weighted by Crippen LogP contribution is -2.17. The third-order valence-corrected chi connectivity index (χ3v) is 4.37. The normalized spacial score (nSPS) is 10.9. The number of amides is 1. The molecule has 0 unspecified atom stereocenters. The van der Waals surface area contributed by atoms with Gasteiger partial charge in [0, 0.05) is 0 Å². The van der Waals surface area contributed by atoms with Crippen molar-refractivity contribution < 1.29 is 23.9 Å². The van der Waals surface area contributed by atoms with Gasteiger partial charge in [-0.2, -0.15) is 5.26 Å². The van der Waals surface area contributed by atoms with Crippen molar-refractivity contribution in [2.45, 2.75) is 19.8 Å². The zero-order valence-corrected chi connectivity index (χ0v) is 17.2. The van der Waals surface area contributed by atoms with Gasteiger partial charge in [0.1, 0.15) is 11.6 Å². The van der Waals surface area contributed by atoms with Crippen LogP contribution in [0.1, 0.15) is 51.6 Å². The average molecular weight is 406 g/mol. The number of rotatable bonds is 6. The van der Waals surface area contributed by atoms with Gasteiger partial charge in [-0.3, -0.25) is 4.79 Å². The van der Waals surface area contributed by atoms with Crippen LogP contribution in [0, 0.1) is 11.3 Å². The molecule has 2 rings (SSSR count). The molecule has 0 saturated carbocycles. The maximum Gasteiger partial charge on any atom is 0.339 e. The predicted molar refractivity (Wildman–Crippen MR) is 112 cm³/mol. The van der Waals surface area contributed by atoms with Gasteiger partial charge in [-0.1, -0.05) is 38.1 Å². The first-order chi connectivity index (χ1) is 14.3. The van der Waals surface area contributed by atoms with Gasteiger partial charge in [-0.25, -0.2) is 9.59 Å². The smallest absolute Gasteiger partial charge is 0.339 e. The first kappa shape index (κ1) is 22.4. The molecule has 0 saturated heterocycles. The molecule has 1 N–H and O–H groups in total. The fourth-order valence-corrected chi connectivity index (χ4v) is 2.66. The summed E-state index contributed by atoms with van der Waals surface area (Å²) in [5.41, 5.74) is 1.86. The standard InChI is InChI=1S/C23H22N2O5/c1-14(2)16-7-5-15(6-8-16)11-18(13-24)21(26)25-20-12-17(22(27)29-3)9-10-19(20)23(28)30-4/h5-12,14H,1-4H3,(H,25,26). The molecule has 30 heavy (non-hydrogen) atoms. The highest BCUT2D eigenvalue weighted by Gasteiger charge is 2.19. The maximum atomic E-state index is 12.7. The van der Waals surface area contributed by atoms with Crippen LogP contribution in [-0.2, 0) is 14.3 Å². The number of nitriles is 1. The molecule has 0 bridgehead atoms. The first-order valence-corrected chi connectivity index (χ1v) is 9.14. The Kier molecular flexibility index (Phi) is 7.48. The van der Waals surface area contributed by atoms with Crippen LogP contribution in [-0.4, -0.2) is 32.1 Å². The summed E-state index contributed by atoms with van der Waals surface area (Å²) in [5, 5.41) is 11.9. The molecule has 2 aromatic rings. The fourth-order valence-electron chi connectivity index (χ4n) is 2.66. The van der Waals surface area contributed by atoms with Gasteiger partial charge in [0.25, 0.3) is 5.91 Å². The van der Waals surface area contributed by atoms with Gasteiger partial charge in [0.15, 0.2) is 0 Å². The van der Waals surface area contributed by atoms with Crippen molar-refractivity contribution in [3.63, 3.8) is 0 Å². The summed E-state index contributed by atoms with van der Waals surface area (Å²) in [4.78, 5) is 36.5. The minimum atomic E-state index is -0.724. The van der Waals surface area contributed by atoms with Crippen LogP contribution in [0.3, 0.4) is 0 Å². The number of esters is 2. The van der Waals surface area contributed by atoms with E-state index in [9.17, 15) is 19.6 Å². The summed E-state index contributed by atoms with van der Waals surface area (Å²) >= 11 is 0. The van der Waals surface area contributed by atoms with Crippen molar-refractivity contribution >= 4 is 29.6 Å². The maximum absolute atomic E-state index is 12.7. The molecule has 0 aliphatic carbocycles. The Labute approximate surface area is 174 Å². The largest absolute Gasteiger partial charge is 0.465 e. The third-order valence-electron chi connectivity index (χ3n) is 4.37. The van der Waals surface area contributed by atoms with Gasteiger partial charge >= 0.3 is 11.9 Å². The van der Waals surface area contributed by atoms with E-state index < -0.39 is 17.8 Å². The molecule has 7 nitrogen and oxygen atoms in total. The Hall–Kier alpha value is -3.92. The number of carbonyl (C=O) groups is 3. The Morgan fingerprint density at radius 1 is 1.00 bits per heavy atom. The van der Waals surface area contributed by atoms with Crippen LogP contribution >= 0.6 is 0 Å². The van der Waals surface area contributed by atoms with Crippen molar-refractivity contribution in [2.24, 2.45) is 0 Å². The zero-order valence-electron chi connectivity index (χ0n) is 17.2. The van der Waals surface area contributed by atoms with Crippen LogP contribution < -0.4 is 5.32 Å². The van der Waals surface area contributed by atoms with E-state index in [0.717, 1.165) is 5.56 Å². The van der Waals surface area contributed by atoms with E-state index in [1.165, 1.54) is 38.5 Å². The molecule has 0 radical (unpaired) electrons. The average Bonchev–Trinajstić information content (AvgIpc) is 2.76. The summed E-state index contributed by atoms with van der Waals surface area (Å²) in [6, 6.07) is 13.4. The SMILES string of the molecule is COC(=O)c1ccc(C(=O)OC)c(NC(=O)C(C#N)=Cc2ccc(C(C)C)cc2)c1. The fraction of sp³-hybridized carbons (Fsp3) is 0.217. The minimum Gasteiger partial charge on any atom is -0.465 e. The first-order valence-electron chi connectivity index (χ1n) is 9.14. The van der Waals surface area contributed by atoms with E-state index >= 15 is 0 Å². The number of nitrogens with zero attached hydrogens (tertiary/aromatic N) is 1. The van der Waals surface area contributed by atoms with E-state index in [1.54, 1.807) is 0 Å². The summed E-state index contributed by atoms with van der Waals surface area (Å²) in [6.07, 6.45) is 1.45. The van der Waals surface area contributed by atoms with Gasteiger partial charge < -0.3 is 14.8 Å². The number of ether oxygens (including phenoxy) is 2. The van der Waals surface area contributed by atoms with Crippen molar-refractivity contribution in [1.29, 1.82) is 5.26 Å². The monoisotopic (exact) mass is 406 g/mol. The molecule has 0 aliphatic heterocycles. The Balaban J connectivity index is 2.36. The van der Waals surface area contributed by atoms with Gasteiger partial charge in [-0.05, 0) is 41.3 Å². The second-order valence-electron chi connectivity index (χ2n) is 6.69. The van der Waals surface area contributed by atoms with Gasteiger partial charge in [-0.15, -0.1) is 0 Å². The summed E-state index contributed by atoms with van der Waals surface area (Å²) in [5.74, 6) is -1.70. The summed E-state index contributed by atoms with van der Waals surface area (Å²) in [6.45, 7) is 4.14. The molecule has 154 valence electrons. The van der Waals surface area contributed by atoms with Crippen molar-refractivity contribution in [1.82, 2.24) is 0 Å². The van der Waals surface area contributed by atoms with Crippen LogP contribution in [0.4, 0.5) is 5.69 Å².